The fraction of sp³-hybridized carbons (Fsp3) is 0.118. The van der Waals surface area contributed by atoms with Crippen molar-refractivity contribution in [3.05, 3.63) is 66.2 Å². The van der Waals surface area contributed by atoms with Crippen molar-refractivity contribution in [3.63, 3.8) is 0 Å². The topological polar surface area (TPSA) is 92.3 Å². The molecule has 0 spiro atoms. The number of para-hydroxylation sites is 1. The van der Waals surface area contributed by atoms with Gasteiger partial charge in [-0.05, 0) is 25.0 Å². The number of carboxylic acid groups (broad SMARTS) is 2. The van der Waals surface area contributed by atoms with Crippen molar-refractivity contribution in [2.75, 3.05) is 5.32 Å². The van der Waals surface area contributed by atoms with E-state index in [1.807, 2.05) is 60.7 Å². The Hall–Kier alpha value is -2.21. The van der Waals surface area contributed by atoms with Crippen LogP contribution in [0, 0.1) is 0 Å². The van der Waals surface area contributed by atoms with Gasteiger partial charge in [0, 0.05) is 23.2 Å². The second-order valence-corrected chi connectivity index (χ2v) is 4.84. The first-order valence-electron chi connectivity index (χ1n) is 6.80. The van der Waals surface area contributed by atoms with E-state index < -0.39 is 24.8 Å². The maximum Gasteiger partial charge on any atom is 2.00 e. The zero-order valence-corrected chi connectivity index (χ0v) is 14.3. The van der Waals surface area contributed by atoms with E-state index in [1.165, 1.54) is 0 Å². The molecule has 1 N–H and O–H groups in total. The van der Waals surface area contributed by atoms with Gasteiger partial charge >= 0.3 is 17.1 Å². The molecule has 0 fully saturated rings. The Labute approximate surface area is 156 Å². The molecular formula is C17H15CuNO4S. The molecule has 24 heavy (non-hydrogen) atoms. The van der Waals surface area contributed by atoms with Crippen LogP contribution in [0.15, 0.2) is 60.7 Å². The van der Waals surface area contributed by atoms with Crippen molar-refractivity contribution < 1.29 is 36.9 Å². The quantitative estimate of drug-likeness (QED) is 0.596. The van der Waals surface area contributed by atoms with E-state index >= 15 is 0 Å². The Morgan fingerprint density at radius 3 is 1.67 bits per heavy atom. The minimum absolute atomic E-state index is 0. The molecule has 0 aliphatic rings. The van der Waals surface area contributed by atoms with E-state index in [4.69, 9.17) is 12.2 Å². The number of aliphatic carboxylic acids is 2. The second-order valence-electron chi connectivity index (χ2n) is 4.43. The van der Waals surface area contributed by atoms with E-state index in [2.05, 4.69) is 5.32 Å². The summed E-state index contributed by atoms with van der Waals surface area (Å²) in [4.78, 5) is 19.8. The van der Waals surface area contributed by atoms with Crippen molar-refractivity contribution in [2.24, 2.45) is 0 Å². The third kappa shape index (κ3) is 9.73. The molecule has 2 aromatic carbocycles. The maximum absolute atomic E-state index is 9.50. The standard InChI is InChI=1S/C13H11NS.C4H6O4.Cu/c15-13(11-7-3-1-4-8-11)14-12-9-5-2-6-10-12;5-3(6)1-2-4(7)8;/h1-10H,(H,14,15);1-2H2,(H,5,6)(H,7,8);/q;;+2/p-2. The molecule has 7 heteroatoms. The van der Waals surface area contributed by atoms with Gasteiger partial charge in [-0.15, -0.1) is 0 Å². The molecule has 0 amide bonds. The number of anilines is 1. The molecule has 0 unspecified atom stereocenters. The summed E-state index contributed by atoms with van der Waals surface area (Å²) in [6.45, 7) is 0. The van der Waals surface area contributed by atoms with Crippen LogP contribution < -0.4 is 15.5 Å². The predicted octanol–water partition coefficient (Wildman–Crippen LogP) is 0.738. The number of benzene rings is 2. The summed E-state index contributed by atoms with van der Waals surface area (Å²) in [6, 6.07) is 19.9. The Bertz CT molecular complexity index is 636. The summed E-state index contributed by atoms with van der Waals surface area (Å²) in [6.07, 6.45) is -0.940. The Morgan fingerprint density at radius 2 is 1.25 bits per heavy atom. The molecule has 0 saturated carbocycles. The van der Waals surface area contributed by atoms with Crippen LogP contribution in [0.2, 0.25) is 0 Å². The molecule has 2 rings (SSSR count). The molecule has 5 nitrogen and oxygen atoms in total. The van der Waals surface area contributed by atoms with Crippen molar-refractivity contribution in [1.29, 1.82) is 0 Å². The van der Waals surface area contributed by atoms with Crippen LogP contribution in [0.3, 0.4) is 0 Å². The largest absolute Gasteiger partial charge is 2.00 e. The summed E-state index contributed by atoms with van der Waals surface area (Å²) in [5, 5.41) is 22.2. The number of hydrogen-bond acceptors (Lipinski definition) is 5. The monoisotopic (exact) mass is 392 g/mol. The SMILES string of the molecule is O=C([O-])CCC(=O)[O-].S=C(Nc1ccccc1)c1ccccc1.[Cu+2]. The third-order valence-electron chi connectivity index (χ3n) is 2.60. The Balaban J connectivity index is 0.000000510. The number of hydrogen-bond donors (Lipinski definition) is 1. The van der Waals surface area contributed by atoms with E-state index in [0.29, 0.717) is 0 Å². The minimum atomic E-state index is -1.37. The van der Waals surface area contributed by atoms with Crippen molar-refractivity contribution in [2.45, 2.75) is 12.8 Å². The third-order valence-corrected chi connectivity index (χ3v) is 2.94. The van der Waals surface area contributed by atoms with Gasteiger partial charge < -0.3 is 25.1 Å². The van der Waals surface area contributed by atoms with Crippen LogP contribution in [0.5, 0.6) is 0 Å². The van der Waals surface area contributed by atoms with Gasteiger partial charge in [0.2, 0.25) is 0 Å². The summed E-state index contributed by atoms with van der Waals surface area (Å²) in [5.41, 5.74) is 2.06. The van der Waals surface area contributed by atoms with Gasteiger partial charge in [-0.3, -0.25) is 0 Å². The van der Waals surface area contributed by atoms with Crippen molar-refractivity contribution in [1.82, 2.24) is 0 Å². The van der Waals surface area contributed by atoms with Gasteiger partial charge in [0.05, 0.1) is 0 Å². The maximum atomic E-state index is 9.50. The van der Waals surface area contributed by atoms with Crippen LogP contribution in [0.1, 0.15) is 18.4 Å². The Morgan fingerprint density at radius 1 is 0.833 bits per heavy atom. The summed E-state index contributed by atoms with van der Waals surface area (Å²) in [7, 11) is 0. The first-order chi connectivity index (χ1) is 11.0. The molecule has 0 aliphatic carbocycles. The van der Waals surface area contributed by atoms with E-state index in [0.717, 1.165) is 16.2 Å². The fourth-order valence-corrected chi connectivity index (χ4v) is 1.77. The molecule has 0 saturated heterocycles. The summed E-state index contributed by atoms with van der Waals surface area (Å²) in [5.74, 6) is -2.73. The fourth-order valence-electron chi connectivity index (χ4n) is 1.52. The first kappa shape index (κ1) is 21.8. The van der Waals surface area contributed by atoms with Gasteiger partial charge in [0.15, 0.2) is 0 Å². The van der Waals surface area contributed by atoms with Gasteiger partial charge in [-0.25, -0.2) is 0 Å². The number of thiocarbonyl (C=S) groups is 1. The molecule has 2 aromatic rings. The van der Waals surface area contributed by atoms with E-state index in [9.17, 15) is 19.8 Å². The van der Waals surface area contributed by atoms with Gasteiger partial charge in [0.25, 0.3) is 0 Å². The molecule has 0 heterocycles. The average molecular weight is 393 g/mol. The number of carboxylic acids is 2. The van der Waals surface area contributed by atoms with Crippen molar-refractivity contribution >= 4 is 34.8 Å². The normalized spacial score (nSPS) is 8.83. The van der Waals surface area contributed by atoms with Gasteiger partial charge in [0.1, 0.15) is 4.99 Å². The minimum Gasteiger partial charge on any atom is -0.550 e. The smallest absolute Gasteiger partial charge is 0.550 e. The molecule has 0 atom stereocenters. The molecular weight excluding hydrogens is 378 g/mol. The van der Waals surface area contributed by atoms with Gasteiger partial charge in [-0.1, -0.05) is 60.7 Å². The van der Waals surface area contributed by atoms with Crippen LogP contribution in [0.4, 0.5) is 5.69 Å². The first-order valence-corrected chi connectivity index (χ1v) is 7.21. The Kier molecular flexibility index (Phi) is 11.1. The number of carbonyl (C=O) groups is 2. The van der Waals surface area contributed by atoms with E-state index in [1.54, 1.807) is 0 Å². The number of rotatable bonds is 5. The second kappa shape index (κ2) is 12.2. The molecule has 1 radical (unpaired) electrons. The number of carbonyl (C=O) groups excluding carboxylic acids is 2. The molecule has 0 bridgehead atoms. The van der Waals surface area contributed by atoms with Crippen LogP contribution in [0.25, 0.3) is 0 Å². The molecule has 129 valence electrons. The van der Waals surface area contributed by atoms with Crippen LogP contribution in [-0.4, -0.2) is 16.9 Å². The number of nitrogens with one attached hydrogen (secondary N) is 1. The van der Waals surface area contributed by atoms with Crippen molar-refractivity contribution in [3.8, 4) is 0 Å². The zero-order chi connectivity index (χ0) is 17.1. The van der Waals surface area contributed by atoms with Crippen LogP contribution in [-0.2, 0) is 26.7 Å². The van der Waals surface area contributed by atoms with E-state index in [-0.39, 0.29) is 17.1 Å². The summed E-state index contributed by atoms with van der Waals surface area (Å²) < 4.78 is 0. The predicted molar refractivity (Wildman–Crippen MR) is 87.5 cm³/mol. The average Bonchev–Trinajstić information content (AvgIpc) is 2.55. The molecule has 0 aliphatic heterocycles. The van der Waals surface area contributed by atoms with Crippen LogP contribution >= 0.6 is 12.2 Å². The van der Waals surface area contributed by atoms with Gasteiger partial charge in [-0.2, -0.15) is 0 Å². The zero-order valence-electron chi connectivity index (χ0n) is 12.5. The summed E-state index contributed by atoms with van der Waals surface area (Å²) >= 11 is 5.29. The molecule has 0 aromatic heterocycles.